The van der Waals surface area contributed by atoms with Crippen molar-refractivity contribution in [2.24, 2.45) is 0 Å². The van der Waals surface area contributed by atoms with Crippen LogP contribution in [0.3, 0.4) is 0 Å². The lowest BCUT2D eigenvalue weighted by atomic mass is 10.1. The molecule has 1 aliphatic rings. The van der Waals surface area contributed by atoms with Gasteiger partial charge in [0.1, 0.15) is 5.82 Å². The van der Waals surface area contributed by atoms with Crippen molar-refractivity contribution in [2.75, 3.05) is 17.8 Å². The smallest absolute Gasteiger partial charge is 0.316 e. The molecule has 1 fully saturated rings. The van der Waals surface area contributed by atoms with E-state index in [4.69, 9.17) is 4.52 Å². The van der Waals surface area contributed by atoms with Crippen molar-refractivity contribution in [3.05, 3.63) is 53.5 Å². The molecule has 0 aliphatic carbocycles. The summed E-state index contributed by atoms with van der Waals surface area (Å²) in [6.07, 6.45) is 4.55. The van der Waals surface area contributed by atoms with E-state index in [2.05, 4.69) is 19.8 Å². The summed E-state index contributed by atoms with van der Waals surface area (Å²) >= 11 is 0. The number of carbonyl (C=O) groups excluding carboxylic acids is 1. The number of benzene rings is 1. The highest BCUT2D eigenvalue weighted by Gasteiger charge is 2.25. The second-order valence-electron chi connectivity index (χ2n) is 7.58. The molecule has 1 N–H and O–H groups in total. The number of sulfonamides is 1. The van der Waals surface area contributed by atoms with Gasteiger partial charge in [-0.3, -0.25) is 9.52 Å². The number of nitrogens with one attached hydrogen (secondary N) is 1. The molecule has 0 radical (unpaired) electrons. The van der Waals surface area contributed by atoms with Gasteiger partial charge < -0.3 is 9.42 Å². The van der Waals surface area contributed by atoms with Gasteiger partial charge in [0.15, 0.2) is 0 Å². The number of amides is 1. The summed E-state index contributed by atoms with van der Waals surface area (Å²) in [6, 6.07) is 8.25. The SMILES string of the molecule is Cc1ccnc(NS(=O)(=O)c2cc(-c3noc(C(=O)N4CCCCC4)n3)ccc2C)c1.Cl. The average molecular weight is 478 g/mol. The summed E-state index contributed by atoms with van der Waals surface area (Å²) in [5, 5.41) is 3.89. The van der Waals surface area contributed by atoms with Gasteiger partial charge in [0, 0.05) is 24.8 Å². The minimum absolute atomic E-state index is 0. The molecule has 4 rings (SSSR count). The summed E-state index contributed by atoms with van der Waals surface area (Å²) in [4.78, 5) is 22.6. The van der Waals surface area contributed by atoms with Crippen LogP contribution in [0.1, 0.15) is 41.1 Å². The molecule has 2 aromatic heterocycles. The van der Waals surface area contributed by atoms with E-state index < -0.39 is 10.0 Å². The second-order valence-corrected chi connectivity index (χ2v) is 9.23. The summed E-state index contributed by atoms with van der Waals surface area (Å²) in [5.74, 6) is -0.00108. The first-order chi connectivity index (χ1) is 14.8. The molecule has 9 nitrogen and oxygen atoms in total. The molecule has 0 bridgehead atoms. The number of piperidine rings is 1. The minimum atomic E-state index is -3.89. The molecule has 11 heteroatoms. The predicted octanol–water partition coefficient (Wildman–Crippen LogP) is 3.60. The molecule has 1 amide bonds. The van der Waals surface area contributed by atoms with E-state index in [9.17, 15) is 13.2 Å². The zero-order chi connectivity index (χ0) is 22.0. The van der Waals surface area contributed by atoms with Gasteiger partial charge in [-0.2, -0.15) is 4.98 Å². The molecule has 0 unspecified atom stereocenters. The summed E-state index contributed by atoms with van der Waals surface area (Å²) in [6.45, 7) is 4.89. The maximum Gasteiger partial charge on any atom is 0.316 e. The normalized spacial score (nSPS) is 14.0. The zero-order valence-electron chi connectivity index (χ0n) is 17.7. The van der Waals surface area contributed by atoms with Gasteiger partial charge in [0.25, 0.3) is 10.0 Å². The van der Waals surface area contributed by atoms with Crippen LogP contribution in [0.4, 0.5) is 5.82 Å². The van der Waals surface area contributed by atoms with Crippen LogP contribution in [0.5, 0.6) is 0 Å². The Morgan fingerprint density at radius 3 is 2.56 bits per heavy atom. The van der Waals surface area contributed by atoms with E-state index in [1.165, 1.54) is 12.3 Å². The molecule has 3 heterocycles. The molecule has 170 valence electrons. The van der Waals surface area contributed by atoms with E-state index in [1.807, 2.05) is 6.92 Å². The van der Waals surface area contributed by atoms with Crippen LogP contribution in [0.15, 0.2) is 45.9 Å². The quantitative estimate of drug-likeness (QED) is 0.596. The number of pyridine rings is 1. The Hall–Kier alpha value is -2.98. The molecule has 1 aromatic carbocycles. The maximum atomic E-state index is 13.0. The van der Waals surface area contributed by atoms with Crippen molar-refractivity contribution < 1.29 is 17.7 Å². The fraction of sp³-hybridized carbons (Fsp3) is 0.333. The van der Waals surface area contributed by atoms with Crippen molar-refractivity contribution in [3.63, 3.8) is 0 Å². The minimum Gasteiger partial charge on any atom is -0.334 e. The highest BCUT2D eigenvalue weighted by atomic mass is 35.5. The molecule has 1 aliphatic heterocycles. The number of nitrogens with zero attached hydrogens (tertiary/aromatic N) is 4. The second kappa shape index (κ2) is 9.66. The average Bonchev–Trinajstić information content (AvgIpc) is 3.24. The van der Waals surface area contributed by atoms with E-state index >= 15 is 0 Å². The Morgan fingerprint density at radius 1 is 1.09 bits per heavy atom. The molecular weight excluding hydrogens is 454 g/mol. The number of halogens is 1. The van der Waals surface area contributed by atoms with Gasteiger partial charge >= 0.3 is 11.8 Å². The van der Waals surface area contributed by atoms with Crippen molar-refractivity contribution >= 4 is 34.2 Å². The van der Waals surface area contributed by atoms with Gasteiger partial charge in [-0.15, -0.1) is 12.4 Å². The molecule has 0 atom stereocenters. The first-order valence-electron chi connectivity index (χ1n) is 10.0. The number of aryl methyl sites for hydroxylation is 2. The van der Waals surface area contributed by atoms with Gasteiger partial charge in [-0.25, -0.2) is 13.4 Å². The van der Waals surface area contributed by atoms with Gasteiger partial charge in [-0.05, 0) is 62.4 Å². The summed E-state index contributed by atoms with van der Waals surface area (Å²) in [5.41, 5.74) is 1.87. The van der Waals surface area contributed by atoms with Crippen LogP contribution in [0.25, 0.3) is 11.4 Å². The predicted molar refractivity (Wildman–Crippen MR) is 121 cm³/mol. The lowest BCUT2D eigenvalue weighted by Crippen LogP contribution is -2.35. The lowest BCUT2D eigenvalue weighted by molar-refractivity contribution is 0.0674. The largest absolute Gasteiger partial charge is 0.334 e. The highest BCUT2D eigenvalue weighted by Crippen LogP contribution is 2.25. The number of anilines is 1. The Labute approximate surface area is 192 Å². The maximum absolute atomic E-state index is 13.0. The summed E-state index contributed by atoms with van der Waals surface area (Å²) < 4.78 is 33.6. The molecule has 0 saturated carbocycles. The molecule has 1 saturated heterocycles. The van der Waals surface area contributed by atoms with Crippen LogP contribution in [0.2, 0.25) is 0 Å². The number of hydrogen-bond donors (Lipinski definition) is 1. The molecular formula is C21H24ClN5O4S. The first kappa shape index (κ1) is 23.7. The van der Waals surface area contributed by atoms with Crippen molar-refractivity contribution in [1.29, 1.82) is 0 Å². The number of rotatable bonds is 5. The standard InChI is InChI=1S/C21H23N5O4S.ClH/c1-14-8-9-22-18(12-14)25-31(28,29)17-13-16(7-6-15(17)2)19-23-20(30-24-19)21(27)26-10-4-3-5-11-26;/h6-9,12-13H,3-5,10-11H2,1-2H3,(H,22,25);1H. The molecule has 3 aromatic rings. The van der Waals surface area contributed by atoms with Crippen LogP contribution < -0.4 is 4.72 Å². The van der Waals surface area contributed by atoms with Gasteiger partial charge in [0.2, 0.25) is 5.82 Å². The third kappa shape index (κ3) is 5.08. The Morgan fingerprint density at radius 2 is 1.84 bits per heavy atom. The van der Waals surface area contributed by atoms with Crippen molar-refractivity contribution in [1.82, 2.24) is 20.0 Å². The van der Waals surface area contributed by atoms with Crippen molar-refractivity contribution in [3.8, 4) is 11.4 Å². The zero-order valence-corrected chi connectivity index (χ0v) is 19.4. The van der Waals surface area contributed by atoms with Gasteiger partial charge in [0.05, 0.1) is 4.90 Å². The lowest BCUT2D eigenvalue weighted by Gasteiger charge is -2.24. The van der Waals surface area contributed by atoms with E-state index in [-0.39, 0.29) is 40.7 Å². The number of carbonyl (C=O) groups is 1. The van der Waals surface area contributed by atoms with Crippen LogP contribution in [-0.2, 0) is 10.0 Å². The monoisotopic (exact) mass is 477 g/mol. The first-order valence-corrected chi connectivity index (χ1v) is 11.5. The molecule has 0 spiro atoms. The van der Waals surface area contributed by atoms with E-state index in [1.54, 1.807) is 36.1 Å². The van der Waals surface area contributed by atoms with Gasteiger partial charge in [-0.1, -0.05) is 17.3 Å². The number of likely N-dealkylation sites (tertiary alicyclic amines) is 1. The van der Waals surface area contributed by atoms with Crippen molar-refractivity contribution in [2.45, 2.75) is 38.0 Å². The topological polar surface area (TPSA) is 118 Å². The Bertz CT molecular complexity index is 1220. The Balaban J connectivity index is 0.00000289. The Kier molecular flexibility index (Phi) is 7.15. The highest BCUT2D eigenvalue weighted by molar-refractivity contribution is 7.92. The fourth-order valence-corrected chi connectivity index (χ4v) is 4.74. The third-order valence-corrected chi connectivity index (χ3v) is 6.64. The van der Waals surface area contributed by atoms with E-state index in [0.29, 0.717) is 24.2 Å². The van der Waals surface area contributed by atoms with Crippen LogP contribution in [0, 0.1) is 13.8 Å². The molecule has 32 heavy (non-hydrogen) atoms. The van der Waals surface area contributed by atoms with Crippen LogP contribution >= 0.6 is 12.4 Å². The van der Waals surface area contributed by atoms with Crippen LogP contribution in [-0.4, -0.2) is 47.4 Å². The third-order valence-electron chi connectivity index (χ3n) is 5.14. The number of hydrogen-bond acceptors (Lipinski definition) is 7. The number of aromatic nitrogens is 3. The van der Waals surface area contributed by atoms with E-state index in [0.717, 1.165) is 24.8 Å². The summed E-state index contributed by atoms with van der Waals surface area (Å²) in [7, 11) is -3.89. The fourth-order valence-electron chi connectivity index (χ4n) is 3.47.